The maximum absolute atomic E-state index is 12.6. The molecule has 5 nitrogen and oxygen atoms in total. The zero-order valence-electron chi connectivity index (χ0n) is 13.6. The Kier molecular flexibility index (Phi) is 4.63. The standard InChI is InChI=1S/C19H17N3O2S/c1-3-9-21-12-13(14-7-5-6-8-16(14)21)11-15-17(23)20-19(25)22(10-4-2)18(15)24/h3-8,11-12H,1-2,9-10H2,(H,20,23,25)/b15-11-. The second-order valence-electron chi connectivity index (χ2n) is 5.56. The van der Waals surface area contributed by atoms with Crippen LogP contribution in [0.1, 0.15) is 5.56 Å². The van der Waals surface area contributed by atoms with Crippen LogP contribution < -0.4 is 5.32 Å². The molecule has 0 bridgehead atoms. The predicted octanol–water partition coefficient (Wildman–Crippen LogP) is 2.64. The van der Waals surface area contributed by atoms with Crippen molar-refractivity contribution in [2.75, 3.05) is 6.54 Å². The highest BCUT2D eigenvalue weighted by molar-refractivity contribution is 7.80. The van der Waals surface area contributed by atoms with Crippen LogP contribution in [0.2, 0.25) is 0 Å². The molecule has 0 saturated carbocycles. The maximum atomic E-state index is 12.6. The zero-order chi connectivity index (χ0) is 18.0. The lowest BCUT2D eigenvalue weighted by Crippen LogP contribution is -2.53. The molecule has 0 atom stereocenters. The minimum absolute atomic E-state index is 0.0527. The van der Waals surface area contributed by atoms with Crippen molar-refractivity contribution in [3.8, 4) is 0 Å². The van der Waals surface area contributed by atoms with Crippen LogP contribution in [0.3, 0.4) is 0 Å². The molecule has 25 heavy (non-hydrogen) atoms. The lowest BCUT2D eigenvalue weighted by Gasteiger charge is -2.27. The summed E-state index contributed by atoms with van der Waals surface area (Å²) < 4.78 is 2.02. The summed E-state index contributed by atoms with van der Waals surface area (Å²) in [5.74, 6) is -0.912. The molecule has 0 radical (unpaired) electrons. The van der Waals surface area contributed by atoms with Gasteiger partial charge < -0.3 is 4.57 Å². The van der Waals surface area contributed by atoms with Gasteiger partial charge in [-0.25, -0.2) is 0 Å². The highest BCUT2D eigenvalue weighted by Crippen LogP contribution is 2.25. The molecule has 0 spiro atoms. The van der Waals surface area contributed by atoms with E-state index in [9.17, 15) is 9.59 Å². The Labute approximate surface area is 150 Å². The van der Waals surface area contributed by atoms with Gasteiger partial charge in [0.25, 0.3) is 11.8 Å². The molecule has 1 fully saturated rings. The van der Waals surface area contributed by atoms with Crippen molar-refractivity contribution in [3.05, 3.63) is 66.9 Å². The van der Waals surface area contributed by atoms with Crippen LogP contribution in [0, 0.1) is 0 Å². The second-order valence-corrected chi connectivity index (χ2v) is 5.95. The number of carbonyl (C=O) groups is 2. The Morgan fingerprint density at radius 3 is 2.56 bits per heavy atom. The third kappa shape index (κ3) is 3.04. The van der Waals surface area contributed by atoms with Gasteiger partial charge in [0.2, 0.25) is 0 Å². The minimum atomic E-state index is -0.490. The van der Waals surface area contributed by atoms with Gasteiger partial charge in [0.05, 0.1) is 0 Å². The van der Waals surface area contributed by atoms with Gasteiger partial charge in [0.1, 0.15) is 5.57 Å². The molecule has 2 heterocycles. The summed E-state index contributed by atoms with van der Waals surface area (Å²) in [5.41, 5.74) is 1.86. The highest BCUT2D eigenvalue weighted by atomic mass is 32.1. The summed E-state index contributed by atoms with van der Waals surface area (Å²) >= 11 is 5.06. The van der Waals surface area contributed by atoms with Gasteiger partial charge in [-0.3, -0.25) is 19.8 Å². The van der Waals surface area contributed by atoms with Gasteiger partial charge >= 0.3 is 0 Å². The van der Waals surface area contributed by atoms with E-state index in [-0.39, 0.29) is 17.2 Å². The molecule has 0 aliphatic carbocycles. The van der Waals surface area contributed by atoms with E-state index in [4.69, 9.17) is 12.2 Å². The lowest BCUT2D eigenvalue weighted by atomic mass is 10.1. The van der Waals surface area contributed by atoms with Crippen molar-refractivity contribution in [2.24, 2.45) is 0 Å². The van der Waals surface area contributed by atoms with E-state index in [0.29, 0.717) is 6.54 Å². The molecule has 1 aromatic heterocycles. The molecular weight excluding hydrogens is 334 g/mol. The average Bonchev–Trinajstić information content (AvgIpc) is 2.94. The molecule has 6 heteroatoms. The normalized spacial score (nSPS) is 16.4. The third-order valence-electron chi connectivity index (χ3n) is 3.94. The average molecular weight is 351 g/mol. The van der Waals surface area contributed by atoms with Crippen LogP contribution in [0.5, 0.6) is 0 Å². The van der Waals surface area contributed by atoms with Crippen molar-refractivity contribution >= 4 is 46.1 Å². The number of para-hydroxylation sites is 1. The predicted molar refractivity (Wildman–Crippen MR) is 103 cm³/mol. The van der Waals surface area contributed by atoms with Crippen molar-refractivity contribution in [1.29, 1.82) is 0 Å². The summed E-state index contributed by atoms with van der Waals surface area (Å²) in [4.78, 5) is 26.2. The van der Waals surface area contributed by atoms with E-state index in [2.05, 4.69) is 18.5 Å². The van der Waals surface area contributed by atoms with Crippen LogP contribution in [-0.2, 0) is 16.1 Å². The Balaban J connectivity index is 2.10. The molecule has 1 aromatic carbocycles. The quantitative estimate of drug-likeness (QED) is 0.390. The summed E-state index contributed by atoms with van der Waals surface area (Å²) in [7, 11) is 0. The van der Waals surface area contributed by atoms with Crippen molar-refractivity contribution in [1.82, 2.24) is 14.8 Å². The molecular formula is C19H17N3O2S. The monoisotopic (exact) mass is 351 g/mol. The van der Waals surface area contributed by atoms with Crippen molar-refractivity contribution in [2.45, 2.75) is 6.54 Å². The van der Waals surface area contributed by atoms with E-state index < -0.39 is 11.8 Å². The van der Waals surface area contributed by atoms with Crippen LogP contribution in [0.25, 0.3) is 17.0 Å². The number of rotatable bonds is 5. The smallest absolute Gasteiger partial charge is 0.265 e. The van der Waals surface area contributed by atoms with E-state index in [1.54, 1.807) is 18.2 Å². The first-order valence-electron chi connectivity index (χ1n) is 7.75. The van der Waals surface area contributed by atoms with Gasteiger partial charge in [0, 0.05) is 35.8 Å². The van der Waals surface area contributed by atoms with Crippen molar-refractivity contribution in [3.63, 3.8) is 0 Å². The van der Waals surface area contributed by atoms with Crippen LogP contribution in [0.15, 0.2) is 61.3 Å². The molecule has 3 rings (SSSR count). The topological polar surface area (TPSA) is 54.3 Å². The Hall–Kier alpha value is -2.99. The summed E-state index contributed by atoms with van der Waals surface area (Å²) in [5, 5.41) is 3.61. The molecule has 1 saturated heterocycles. The second kappa shape index (κ2) is 6.86. The van der Waals surface area contributed by atoms with Crippen molar-refractivity contribution < 1.29 is 9.59 Å². The fraction of sp³-hybridized carbons (Fsp3) is 0.105. The number of amides is 2. The number of aromatic nitrogens is 1. The third-order valence-corrected chi connectivity index (χ3v) is 4.26. The minimum Gasteiger partial charge on any atom is -0.343 e. The number of nitrogens with one attached hydrogen (secondary N) is 1. The fourth-order valence-electron chi connectivity index (χ4n) is 2.82. The number of thiocarbonyl (C=S) groups is 1. The summed E-state index contributed by atoms with van der Waals surface area (Å²) in [6.45, 7) is 8.26. The lowest BCUT2D eigenvalue weighted by molar-refractivity contribution is -0.128. The number of fused-ring (bicyclic) bond motifs is 1. The van der Waals surface area contributed by atoms with Gasteiger partial charge in [-0.2, -0.15) is 0 Å². The zero-order valence-corrected chi connectivity index (χ0v) is 14.4. The number of allylic oxidation sites excluding steroid dienone is 1. The first kappa shape index (κ1) is 16.9. The van der Waals surface area contributed by atoms with Crippen LogP contribution in [-0.4, -0.2) is 32.9 Å². The van der Waals surface area contributed by atoms with Gasteiger partial charge in [-0.05, 0) is 24.4 Å². The number of nitrogens with zero attached hydrogens (tertiary/aromatic N) is 2. The number of hydrogen-bond acceptors (Lipinski definition) is 3. The van der Waals surface area contributed by atoms with Crippen LogP contribution in [0.4, 0.5) is 0 Å². The van der Waals surface area contributed by atoms with Gasteiger partial charge in [0.15, 0.2) is 5.11 Å². The molecule has 126 valence electrons. The Morgan fingerprint density at radius 1 is 1.12 bits per heavy atom. The summed E-state index contributed by atoms with van der Waals surface area (Å²) in [6, 6.07) is 7.81. The Bertz CT molecular complexity index is 939. The Morgan fingerprint density at radius 2 is 1.84 bits per heavy atom. The number of hydrogen-bond donors (Lipinski definition) is 1. The van der Waals surface area contributed by atoms with Gasteiger partial charge in [-0.1, -0.05) is 30.4 Å². The molecule has 1 aliphatic heterocycles. The van der Waals surface area contributed by atoms with E-state index in [1.165, 1.54) is 4.90 Å². The maximum Gasteiger partial charge on any atom is 0.265 e. The van der Waals surface area contributed by atoms with Gasteiger partial charge in [-0.15, -0.1) is 13.2 Å². The molecule has 1 N–H and O–H groups in total. The van der Waals surface area contributed by atoms with E-state index in [0.717, 1.165) is 16.5 Å². The van der Waals surface area contributed by atoms with Crippen LogP contribution >= 0.6 is 12.2 Å². The SMILES string of the molecule is C=CCN1C(=O)/C(=C\c2cn(CC=C)c3ccccc23)C(=O)NC1=S. The molecule has 2 aromatic rings. The van der Waals surface area contributed by atoms with E-state index in [1.807, 2.05) is 35.0 Å². The fourth-order valence-corrected chi connectivity index (χ4v) is 3.07. The largest absolute Gasteiger partial charge is 0.343 e. The number of carbonyl (C=O) groups excluding carboxylic acids is 2. The number of benzene rings is 1. The summed E-state index contributed by atoms with van der Waals surface area (Å²) in [6.07, 6.45) is 6.88. The highest BCUT2D eigenvalue weighted by Gasteiger charge is 2.32. The van der Waals surface area contributed by atoms with E-state index >= 15 is 0 Å². The molecule has 2 amide bonds. The molecule has 1 aliphatic rings. The first-order chi connectivity index (χ1) is 12.1. The first-order valence-corrected chi connectivity index (χ1v) is 8.16. The molecule has 0 unspecified atom stereocenters.